The fourth-order valence-electron chi connectivity index (χ4n) is 3.05. The summed E-state index contributed by atoms with van der Waals surface area (Å²) >= 11 is 1.46. The minimum atomic E-state index is 0.360. The van der Waals surface area contributed by atoms with E-state index in [4.69, 9.17) is 5.73 Å². The zero-order valence-corrected chi connectivity index (χ0v) is 13.6. The molecule has 2 aromatic heterocycles. The number of nitrogens with two attached hydrogens (primary N) is 1. The summed E-state index contributed by atoms with van der Waals surface area (Å²) in [4.78, 5) is 14.2. The third-order valence-corrected chi connectivity index (χ3v) is 5.15. The van der Waals surface area contributed by atoms with E-state index < -0.39 is 0 Å². The number of nitrogens with one attached hydrogen (secondary N) is 1. The number of nitrogens with zero attached hydrogens (tertiary/aromatic N) is 3. The molecule has 0 amide bonds. The van der Waals surface area contributed by atoms with Gasteiger partial charge in [-0.15, -0.1) is 0 Å². The topological polar surface area (TPSA) is 76.7 Å². The molecule has 116 valence electrons. The number of rotatable bonds is 3. The van der Waals surface area contributed by atoms with Gasteiger partial charge in [0.1, 0.15) is 0 Å². The van der Waals surface area contributed by atoms with Crippen LogP contribution in [-0.2, 0) is 12.8 Å². The van der Waals surface area contributed by atoms with Crippen molar-refractivity contribution in [3.05, 3.63) is 53.5 Å². The van der Waals surface area contributed by atoms with Crippen LogP contribution in [0, 0.1) is 6.92 Å². The van der Waals surface area contributed by atoms with E-state index in [0.29, 0.717) is 17.1 Å². The summed E-state index contributed by atoms with van der Waals surface area (Å²) in [5, 5.41) is 4.00. The van der Waals surface area contributed by atoms with Crippen molar-refractivity contribution in [2.24, 2.45) is 0 Å². The zero-order valence-electron chi connectivity index (χ0n) is 12.8. The molecule has 1 aliphatic carbocycles. The van der Waals surface area contributed by atoms with Crippen LogP contribution in [0.3, 0.4) is 0 Å². The van der Waals surface area contributed by atoms with E-state index in [-0.39, 0.29) is 0 Å². The molecule has 0 fully saturated rings. The van der Waals surface area contributed by atoms with Gasteiger partial charge < -0.3 is 11.1 Å². The lowest BCUT2D eigenvalue weighted by molar-refractivity contribution is 0.762. The third kappa shape index (κ3) is 2.77. The molecule has 4 rings (SSSR count). The number of anilines is 2. The maximum atomic E-state index is 5.75. The molecule has 0 bridgehead atoms. The Morgan fingerprint density at radius 3 is 2.35 bits per heavy atom. The molecular weight excluding hydrogens is 306 g/mol. The number of hydrogen-bond acceptors (Lipinski definition) is 6. The van der Waals surface area contributed by atoms with E-state index in [9.17, 15) is 0 Å². The summed E-state index contributed by atoms with van der Waals surface area (Å²) < 4.78 is 0. The number of aromatic nitrogens is 3. The summed E-state index contributed by atoms with van der Waals surface area (Å²) in [6, 6.07) is 8.93. The van der Waals surface area contributed by atoms with Crippen molar-refractivity contribution in [1.29, 1.82) is 0 Å². The first-order valence-electron chi connectivity index (χ1n) is 7.57. The molecule has 3 N–H and O–H groups in total. The minimum Gasteiger partial charge on any atom is -0.375 e. The maximum absolute atomic E-state index is 5.75. The molecule has 0 spiro atoms. The van der Waals surface area contributed by atoms with Crippen LogP contribution in [0.15, 0.2) is 36.7 Å². The Kier molecular flexibility index (Phi) is 3.46. The van der Waals surface area contributed by atoms with Gasteiger partial charge in [0, 0.05) is 24.0 Å². The highest BCUT2D eigenvalue weighted by molar-refractivity contribution is 7.18. The molecule has 23 heavy (non-hydrogen) atoms. The second kappa shape index (κ2) is 5.62. The summed E-state index contributed by atoms with van der Waals surface area (Å²) in [5.74, 6) is 0.668. The van der Waals surface area contributed by atoms with E-state index in [1.165, 1.54) is 22.5 Å². The molecule has 1 aromatic carbocycles. The van der Waals surface area contributed by atoms with Crippen molar-refractivity contribution in [3.63, 3.8) is 0 Å². The summed E-state index contributed by atoms with van der Waals surface area (Å²) in [6.45, 7) is 1.95. The number of thiazole rings is 1. The second-order valence-electron chi connectivity index (χ2n) is 5.78. The fraction of sp³-hybridized carbons (Fsp3) is 0.235. The molecule has 0 saturated heterocycles. The van der Waals surface area contributed by atoms with Gasteiger partial charge in [0.2, 0.25) is 5.95 Å². The molecule has 0 unspecified atom stereocenters. The number of fused-ring (bicyclic) bond motifs is 1. The largest absolute Gasteiger partial charge is 0.375 e. The van der Waals surface area contributed by atoms with Crippen LogP contribution in [0.1, 0.15) is 16.8 Å². The highest BCUT2D eigenvalue weighted by Crippen LogP contribution is 2.30. The van der Waals surface area contributed by atoms with Crippen molar-refractivity contribution in [3.8, 4) is 10.4 Å². The standard InChI is InChI=1S/C17H17N5S/c1-10-15(23-16(18)21-10)13-8-19-17(20-9-13)22-14-6-11-4-2-3-5-12(11)7-14/h2-5,8-9,14H,6-7H2,1H3,(H2,18,21)(H,19,20,22). The average molecular weight is 323 g/mol. The molecule has 0 saturated carbocycles. The van der Waals surface area contributed by atoms with Gasteiger partial charge in [-0.3, -0.25) is 0 Å². The Morgan fingerprint density at radius 2 is 1.78 bits per heavy atom. The number of aryl methyl sites for hydroxylation is 1. The van der Waals surface area contributed by atoms with Crippen molar-refractivity contribution in [2.75, 3.05) is 11.1 Å². The Balaban J connectivity index is 1.48. The van der Waals surface area contributed by atoms with Crippen molar-refractivity contribution in [2.45, 2.75) is 25.8 Å². The summed E-state index contributed by atoms with van der Waals surface area (Å²) in [5.41, 5.74) is 10.5. The first-order valence-corrected chi connectivity index (χ1v) is 8.39. The number of benzene rings is 1. The van der Waals surface area contributed by atoms with E-state index in [1.807, 2.05) is 19.3 Å². The first-order chi connectivity index (χ1) is 11.2. The van der Waals surface area contributed by atoms with E-state index in [0.717, 1.165) is 29.0 Å². The summed E-state index contributed by atoms with van der Waals surface area (Å²) in [7, 11) is 0. The predicted molar refractivity (Wildman–Crippen MR) is 93.6 cm³/mol. The van der Waals surface area contributed by atoms with Gasteiger partial charge in [0.25, 0.3) is 0 Å². The van der Waals surface area contributed by atoms with E-state index in [1.54, 1.807) is 0 Å². The van der Waals surface area contributed by atoms with Gasteiger partial charge in [0.05, 0.1) is 10.6 Å². The monoisotopic (exact) mass is 323 g/mol. The van der Waals surface area contributed by atoms with Gasteiger partial charge >= 0.3 is 0 Å². The van der Waals surface area contributed by atoms with Crippen molar-refractivity contribution < 1.29 is 0 Å². The fourth-order valence-corrected chi connectivity index (χ4v) is 3.86. The molecule has 0 aliphatic heterocycles. The van der Waals surface area contributed by atoms with Gasteiger partial charge in [-0.1, -0.05) is 35.6 Å². The molecule has 6 heteroatoms. The van der Waals surface area contributed by atoms with Crippen molar-refractivity contribution in [1.82, 2.24) is 15.0 Å². The second-order valence-corrected chi connectivity index (χ2v) is 6.81. The third-order valence-electron chi connectivity index (χ3n) is 4.11. The van der Waals surface area contributed by atoms with Gasteiger partial charge in [-0.05, 0) is 30.9 Å². The lowest BCUT2D eigenvalue weighted by atomic mass is 10.1. The Labute approximate surface area is 138 Å². The lowest BCUT2D eigenvalue weighted by Crippen LogP contribution is -2.20. The molecule has 5 nitrogen and oxygen atoms in total. The number of nitrogen functional groups attached to an aromatic ring is 1. The van der Waals surface area contributed by atoms with Gasteiger partial charge in [-0.25, -0.2) is 15.0 Å². The lowest BCUT2D eigenvalue weighted by Gasteiger charge is -2.11. The van der Waals surface area contributed by atoms with E-state index in [2.05, 4.69) is 44.5 Å². The Bertz CT molecular complexity index is 815. The smallest absolute Gasteiger partial charge is 0.222 e. The van der Waals surface area contributed by atoms with Crippen molar-refractivity contribution >= 4 is 22.4 Å². The van der Waals surface area contributed by atoms with Crippen LogP contribution in [-0.4, -0.2) is 21.0 Å². The zero-order chi connectivity index (χ0) is 15.8. The summed E-state index contributed by atoms with van der Waals surface area (Å²) in [6.07, 6.45) is 5.70. The van der Waals surface area contributed by atoms with Crippen LogP contribution in [0.2, 0.25) is 0 Å². The van der Waals surface area contributed by atoms with Crippen LogP contribution < -0.4 is 11.1 Å². The highest BCUT2D eigenvalue weighted by atomic mass is 32.1. The molecule has 2 heterocycles. The van der Waals surface area contributed by atoms with Gasteiger partial charge in [-0.2, -0.15) is 0 Å². The molecule has 1 aliphatic rings. The normalized spacial score (nSPS) is 14.0. The minimum absolute atomic E-state index is 0.360. The molecule has 0 radical (unpaired) electrons. The molecular formula is C17H17N5S. The molecule has 0 atom stereocenters. The van der Waals surface area contributed by atoms with Crippen LogP contribution >= 0.6 is 11.3 Å². The Hall–Kier alpha value is -2.47. The number of hydrogen-bond donors (Lipinski definition) is 2. The quantitative estimate of drug-likeness (QED) is 0.774. The van der Waals surface area contributed by atoms with Gasteiger partial charge in [0.15, 0.2) is 5.13 Å². The van der Waals surface area contributed by atoms with Crippen LogP contribution in [0.25, 0.3) is 10.4 Å². The maximum Gasteiger partial charge on any atom is 0.222 e. The Morgan fingerprint density at radius 1 is 1.13 bits per heavy atom. The average Bonchev–Trinajstić information content (AvgIpc) is 3.10. The molecule has 3 aromatic rings. The van der Waals surface area contributed by atoms with Crippen LogP contribution in [0.5, 0.6) is 0 Å². The highest BCUT2D eigenvalue weighted by Gasteiger charge is 2.21. The van der Waals surface area contributed by atoms with Crippen LogP contribution in [0.4, 0.5) is 11.1 Å². The SMILES string of the molecule is Cc1nc(N)sc1-c1cnc(NC2Cc3ccccc3C2)nc1. The first kappa shape index (κ1) is 14.1. The predicted octanol–water partition coefficient (Wildman–Crippen LogP) is 3.07. The van der Waals surface area contributed by atoms with E-state index >= 15 is 0 Å².